The maximum Gasteiger partial charge on any atom is 0.131 e. The van der Waals surface area contributed by atoms with Crippen LogP contribution in [-0.2, 0) is 4.79 Å². The molecule has 0 rings (SSSR count). The van der Waals surface area contributed by atoms with Crippen molar-refractivity contribution in [2.75, 3.05) is 6.54 Å². The minimum atomic E-state index is 0.208. The summed E-state index contributed by atoms with van der Waals surface area (Å²) in [5.41, 5.74) is 0. The fraction of sp³-hybridized carbons (Fsp3) is 0.818. The van der Waals surface area contributed by atoms with Crippen LogP contribution in [0.5, 0.6) is 0 Å². The summed E-state index contributed by atoms with van der Waals surface area (Å²) in [4.78, 5) is 13.2. The van der Waals surface area contributed by atoms with E-state index in [1.807, 2.05) is 6.92 Å². The molecule has 0 aromatic carbocycles. The molecule has 0 aromatic heterocycles. The summed E-state index contributed by atoms with van der Waals surface area (Å²) in [5, 5.41) is 8.52. The average molecular weight is 196 g/mol. The predicted molar refractivity (Wildman–Crippen MR) is 56.8 cm³/mol. The van der Waals surface area contributed by atoms with Crippen molar-refractivity contribution in [2.45, 2.75) is 52.6 Å². The van der Waals surface area contributed by atoms with E-state index >= 15 is 0 Å². The van der Waals surface area contributed by atoms with E-state index in [1.54, 1.807) is 6.92 Å². The highest BCUT2D eigenvalue weighted by Crippen LogP contribution is 2.09. The summed E-state index contributed by atoms with van der Waals surface area (Å²) in [6, 6.07) is 2.76. The van der Waals surface area contributed by atoms with Gasteiger partial charge in [0.25, 0.3) is 0 Å². The fourth-order valence-electron chi connectivity index (χ4n) is 1.70. The molecule has 0 fully saturated rings. The molecule has 0 N–H and O–H groups in total. The standard InChI is InChI=1S/C11H20N2O/c1-9(2)13(7-5-6-12)10(3)8-11(4)14/h9-10H,5,7-8H2,1-4H3. The van der Waals surface area contributed by atoms with Crippen molar-refractivity contribution < 1.29 is 4.79 Å². The summed E-state index contributed by atoms with van der Waals surface area (Å²) in [7, 11) is 0. The highest BCUT2D eigenvalue weighted by atomic mass is 16.1. The van der Waals surface area contributed by atoms with E-state index in [0.29, 0.717) is 18.9 Å². The summed E-state index contributed by atoms with van der Waals surface area (Å²) >= 11 is 0. The second kappa shape index (κ2) is 6.56. The van der Waals surface area contributed by atoms with E-state index < -0.39 is 0 Å². The third-order valence-electron chi connectivity index (χ3n) is 2.29. The molecular formula is C11H20N2O. The number of carbonyl (C=O) groups excluding carboxylic acids is 1. The van der Waals surface area contributed by atoms with Gasteiger partial charge in [-0.05, 0) is 27.7 Å². The molecule has 80 valence electrons. The van der Waals surface area contributed by atoms with Crippen LogP contribution in [0.4, 0.5) is 0 Å². The number of hydrogen-bond donors (Lipinski definition) is 0. The largest absolute Gasteiger partial charge is 0.300 e. The lowest BCUT2D eigenvalue weighted by Crippen LogP contribution is -2.40. The lowest BCUT2D eigenvalue weighted by Gasteiger charge is -2.31. The number of nitrogens with zero attached hydrogens (tertiary/aromatic N) is 2. The van der Waals surface area contributed by atoms with Gasteiger partial charge in [-0.1, -0.05) is 0 Å². The summed E-state index contributed by atoms with van der Waals surface area (Å²) in [6.07, 6.45) is 1.10. The zero-order valence-electron chi connectivity index (χ0n) is 9.58. The molecule has 0 saturated carbocycles. The molecule has 0 bridgehead atoms. The molecule has 0 saturated heterocycles. The van der Waals surface area contributed by atoms with Crippen molar-refractivity contribution in [3.05, 3.63) is 0 Å². The molecule has 3 nitrogen and oxygen atoms in total. The third kappa shape index (κ3) is 4.98. The van der Waals surface area contributed by atoms with E-state index in [-0.39, 0.29) is 11.8 Å². The van der Waals surface area contributed by atoms with Gasteiger partial charge in [0.1, 0.15) is 5.78 Å². The summed E-state index contributed by atoms with van der Waals surface area (Å²) in [6.45, 7) is 8.59. The van der Waals surface area contributed by atoms with E-state index in [2.05, 4.69) is 24.8 Å². The molecule has 14 heavy (non-hydrogen) atoms. The maximum absolute atomic E-state index is 11.0. The first kappa shape index (κ1) is 13.1. The van der Waals surface area contributed by atoms with E-state index in [4.69, 9.17) is 5.26 Å². The molecular weight excluding hydrogens is 176 g/mol. The third-order valence-corrected chi connectivity index (χ3v) is 2.29. The van der Waals surface area contributed by atoms with Gasteiger partial charge in [0.2, 0.25) is 0 Å². The Morgan fingerprint density at radius 1 is 1.43 bits per heavy atom. The van der Waals surface area contributed by atoms with E-state index in [9.17, 15) is 4.79 Å². The van der Waals surface area contributed by atoms with Gasteiger partial charge in [-0.25, -0.2) is 0 Å². The van der Waals surface area contributed by atoms with E-state index in [1.165, 1.54) is 0 Å². The molecule has 3 heteroatoms. The Hall–Kier alpha value is -0.880. The number of ketones is 1. The Kier molecular flexibility index (Phi) is 6.14. The SMILES string of the molecule is CC(=O)CC(C)N(CCC#N)C(C)C. The number of hydrogen-bond acceptors (Lipinski definition) is 3. The first-order valence-electron chi connectivity index (χ1n) is 5.11. The Balaban J connectivity index is 4.19. The Morgan fingerprint density at radius 2 is 2.00 bits per heavy atom. The maximum atomic E-state index is 11.0. The van der Waals surface area contributed by atoms with Crippen LogP contribution in [0.3, 0.4) is 0 Å². The Labute approximate surface area is 86.7 Å². The molecule has 1 unspecified atom stereocenters. The minimum Gasteiger partial charge on any atom is -0.300 e. The first-order valence-corrected chi connectivity index (χ1v) is 5.11. The van der Waals surface area contributed by atoms with Crippen LogP contribution in [0.15, 0.2) is 0 Å². The molecule has 0 spiro atoms. The molecule has 0 heterocycles. The van der Waals surface area contributed by atoms with Crippen molar-refractivity contribution in [1.29, 1.82) is 5.26 Å². The lowest BCUT2D eigenvalue weighted by molar-refractivity contribution is -0.118. The summed E-state index contributed by atoms with van der Waals surface area (Å²) in [5.74, 6) is 0.208. The number of nitriles is 1. The molecule has 0 aliphatic heterocycles. The van der Waals surface area contributed by atoms with Gasteiger partial charge < -0.3 is 0 Å². The zero-order chi connectivity index (χ0) is 11.1. The number of carbonyl (C=O) groups is 1. The van der Waals surface area contributed by atoms with Crippen LogP contribution in [0.1, 0.15) is 40.5 Å². The van der Waals surface area contributed by atoms with Crippen LogP contribution < -0.4 is 0 Å². The summed E-state index contributed by atoms with van der Waals surface area (Å²) < 4.78 is 0. The monoisotopic (exact) mass is 196 g/mol. The van der Waals surface area contributed by atoms with Crippen molar-refractivity contribution >= 4 is 5.78 Å². The molecule has 1 atom stereocenters. The molecule has 0 aliphatic rings. The average Bonchev–Trinajstić information content (AvgIpc) is 2.02. The van der Waals surface area contributed by atoms with Crippen molar-refractivity contribution in [2.24, 2.45) is 0 Å². The fourth-order valence-corrected chi connectivity index (χ4v) is 1.70. The normalized spacial score (nSPS) is 12.9. The number of rotatable bonds is 6. The molecule has 0 aromatic rings. The highest BCUT2D eigenvalue weighted by Gasteiger charge is 2.17. The Morgan fingerprint density at radius 3 is 2.36 bits per heavy atom. The minimum absolute atomic E-state index is 0.208. The predicted octanol–water partition coefficient (Wildman–Crippen LogP) is 1.98. The van der Waals surface area contributed by atoms with Crippen molar-refractivity contribution in [3.8, 4) is 6.07 Å². The van der Waals surface area contributed by atoms with Crippen molar-refractivity contribution in [1.82, 2.24) is 4.90 Å². The topological polar surface area (TPSA) is 44.1 Å². The van der Waals surface area contributed by atoms with Crippen molar-refractivity contribution in [3.63, 3.8) is 0 Å². The smallest absolute Gasteiger partial charge is 0.131 e. The first-order chi connectivity index (χ1) is 6.49. The second-order valence-electron chi connectivity index (χ2n) is 3.99. The van der Waals surface area contributed by atoms with Gasteiger partial charge in [-0.15, -0.1) is 0 Å². The highest BCUT2D eigenvalue weighted by molar-refractivity contribution is 5.76. The molecule has 0 aliphatic carbocycles. The second-order valence-corrected chi connectivity index (χ2v) is 3.99. The quantitative estimate of drug-likeness (QED) is 0.652. The van der Waals surface area contributed by atoms with Gasteiger partial charge in [0.05, 0.1) is 6.07 Å². The Bertz CT molecular complexity index is 218. The van der Waals surface area contributed by atoms with Gasteiger partial charge in [-0.2, -0.15) is 5.26 Å². The van der Waals surface area contributed by atoms with Gasteiger partial charge in [0, 0.05) is 31.5 Å². The van der Waals surface area contributed by atoms with Crippen LogP contribution >= 0.6 is 0 Å². The lowest BCUT2D eigenvalue weighted by atomic mass is 10.1. The van der Waals surface area contributed by atoms with Crippen LogP contribution in [0, 0.1) is 11.3 Å². The van der Waals surface area contributed by atoms with Crippen LogP contribution in [-0.4, -0.2) is 29.3 Å². The molecule has 0 amide bonds. The van der Waals surface area contributed by atoms with E-state index in [0.717, 1.165) is 6.54 Å². The van der Waals surface area contributed by atoms with Gasteiger partial charge in [-0.3, -0.25) is 9.69 Å². The van der Waals surface area contributed by atoms with Crippen LogP contribution in [0.2, 0.25) is 0 Å². The molecule has 0 radical (unpaired) electrons. The van der Waals surface area contributed by atoms with Crippen LogP contribution in [0.25, 0.3) is 0 Å². The van der Waals surface area contributed by atoms with Gasteiger partial charge in [0.15, 0.2) is 0 Å². The zero-order valence-corrected chi connectivity index (χ0v) is 9.58. The number of Topliss-reactive ketones (excluding diaryl/α,β-unsaturated/α-hetero) is 1. The van der Waals surface area contributed by atoms with Gasteiger partial charge >= 0.3 is 0 Å².